The van der Waals surface area contributed by atoms with Gasteiger partial charge in [0.05, 0.1) is 13.1 Å². The van der Waals surface area contributed by atoms with Gasteiger partial charge in [-0.1, -0.05) is 13.3 Å². The fourth-order valence-electron chi connectivity index (χ4n) is 1.95. The summed E-state index contributed by atoms with van der Waals surface area (Å²) < 4.78 is 10.6. The fourth-order valence-corrected chi connectivity index (χ4v) is 1.95. The van der Waals surface area contributed by atoms with Gasteiger partial charge in [-0.15, -0.1) is 0 Å². The second kappa shape index (κ2) is 5.07. The zero-order chi connectivity index (χ0) is 10.6. The van der Waals surface area contributed by atoms with Crippen LogP contribution in [-0.4, -0.2) is 50.6 Å². The summed E-state index contributed by atoms with van der Waals surface area (Å²) in [5.74, 6) is -0.374. The van der Waals surface area contributed by atoms with Crippen molar-refractivity contribution >= 4 is 0 Å². The van der Waals surface area contributed by atoms with Gasteiger partial charge in [-0.2, -0.15) is 0 Å². The lowest BCUT2D eigenvalue weighted by Crippen LogP contribution is -2.67. The molecule has 0 aromatic heterocycles. The molecule has 1 saturated heterocycles. The molecule has 14 heavy (non-hydrogen) atoms. The van der Waals surface area contributed by atoms with E-state index in [1.165, 1.54) is 6.42 Å². The molecule has 4 heteroatoms. The third-order valence-corrected chi connectivity index (χ3v) is 3.04. The number of nitrogens with zero attached hydrogens (tertiary/aromatic N) is 1. The lowest BCUT2D eigenvalue weighted by Gasteiger charge is -2.50. The van der Waals surface area contributed by atoms with E-state index in [4.69, 9.17) is 15.2 Å². The van der Waals surface area contributed by atoms with Crippen LogP contribution in [0.2, 0.25) is 0 Å². The molecule has 1 aliphatic heterocycles. The van der Waals surface area contributed by atoms with Gasteiger partial charge in [0.1, 0.15) is 0 Å². The molecule has 0 aliphatic carbocycles. The summed E-state index contributed by atoms with van der Waals surface area (Å²) in [7, 11) is 3.39. The number of hydrogen-bond acceptors (Lipinski definition) is 4. The lowest BCUT2D eigenvalue weighted by molar-refractivity contribution is -0.281. The van der Waals surface area contributed by atoms with Crippen molar-refractivity contribution in [2.45, 2.75) is 31.6 Å². The smallest absolute Gasteiger partial charge is 0.193 e. The van der Waals surface area contributed by atoms with E-state index in [0.29, 0.717) is 6.04 Å². The molecule has 0 saturated carbocycles. The summed E-state index contributed by atoms with van der Waals surface area (Å²) in [4.78, 5) is 2.33. The monoisotopic (exact) mass is 202 g/mol. The van der Waals surface area contributed by atoms with Crippen LogP contribution in [0.5, 0.6) is 0 Å². The maximum atomic E-state index is 5.72. The van der Waals surface area contributed by atoms with Crippen LogP contribution in [0.15, 0.2) is 0 Å². The summed E-state index contributed by atoms with van der Waals surface area (Å²) >= 11 is 0. The molecule has 0 aromatic carbocycles. The van der Waals surface area contributed by atoms with Gasteiger partial charge < -0.3 is 15.2 Å². The molecule has 2 N–H and O–H groups in total. The van der Waals surface area contributed by atoms with Crippen LogP contribution in [0, 0.1) is 0 Å². The number of likely N-dealkylation sites (tertiary alicyclic amines) is 1. The standard InChI is InChI=1S/C10H22N2O2/c1-4-5-9(6-11)12-7-10(8-12,13-2)14-3/h9H,4-8,11H2,1-3H3. The minimum absolute atomic E-state index is 0.374. The van der Waals surface area contributed by atoms with E-state index in [1.807, 2.05) is 0 Å². The quantitative estimate of drug-likeness (QED) is 0.634. The maximum absolute atomic E-state index is 5.72. The molecule has 0 radical (unpaired) electrons. The van der Waals surface area contributed by atoms with Gasteiger partial charge in [0.2, 0.25) is 0 Å². The number of nitrogens with two attached hydrogens (primary N) is 1. The Bertz CT molecular complexity index is 164. The van der Waals surface area contributed by atoms with Crippen LogP contribution in [-0.2, 0) is 9.47 Å². The van der Waals surface area contributed by atoms with Crippen molar-refractivity contribution in [3.05, 3.63) is 0 Å². The van der Waals surface area contributed by atoms with Crippen molar-refractivity contribution in [1.29, 1.82) is 0 Å². The van der Waals surface area contributed by atoms with Crippen LogP contribution in [0.4, 0.5) is 0 Å². The van der Waals surface area contributed by atoms with Crippen LogP contribution in [0.1, 0.15) is 19.8 Å². The lowest BCUT2D eigenvalue weighted by atomic mass is 10.0. The van der Waals surface area contributed by atoms with Gasteiger partial charge >= 0.3 is 0 Å². The SMILES string of the molecule is CCCC(CN)N1CC(OC)(OC)C1. The zero-order valence-corrected chi connectivity index (χ0v) is 9.45. The molecule has 1 unspecified atom stereocenters. The van der Waals surface area contributed by atoms with E-state index in [2.05, 4.69) is 11.8 Å². The Morgan fingerprint density at radius 2 is 1.93 bits per heavy atom. The Morgan fingerprint density at radius 3 is 2.29 bits per heavy atom. The Morgan fingerprint density at radius 1 is 1.36 bits per heavy atom. The third-order valence-electron chi connectivity index (χ3n) is 3.04. The van der Waals surface area contributed by atoms with E-state index in [1.54, 1.807) is 14.2 Å². The minimum Gasteiger partial charge on any atom is -0.351 e. The first-order valence-corrected chi connectivity index (χ1v) is 5.25. The number of rotatable bonds is 6. The zero-order valence-electron chi connectivity index (χ0n) is 9.45. The van der Waals surface area contributed by atoms with Gasteiger partial charge in [0, 0.05) is 26.8 Å². The highest BCUT2D eigenvalue weighted by molar-refractivity contribution is 4.93. The van der Waals surface area contributed by atoms with Crippen molar-refractivity contribution in [2.24, 2.45) is 5.73 Å². The van der Waals surface area contributed by atoms with Crippen LogP contribution >= 0.6 is 0 Å². The summed E-state index contributed by atoms with van der Waals surface area (Å²) in [6.45, 7) is 4.57. The van der Waals surface area contributed by atoms with Crippen molar-refractivity contribution in [2.75, 3.05) is 33.9 Å². The molecule has 1 fully saturated rings. The van der Waals surface area contributed by atoms with E-state index in [9.17, 15) is 0 Å². The van der Waals surface area contributed by atoms with Crippen LogP contribution in [0.3, 0.4) is 0 Å². The number of methoxy groups -OCH3 is 2. The Kier molecular flexibility index (Phi) is 4.31. The van der Waals surface area contributed by atoms with Gasteiger partial charge in [0.15, 0.2) is 5.79 Å². The Labute approximate surface area is 86.3 Å². The first-order valence-electron chi connectivity index (χ1n) is 5.25. The van der Waals surface area contributed by atoms with E-state index >= 15 is 0 Å². The highest BCUT2D eigenvalue weighted by Crippen LogP contribution is 2.28. The van der Waals surface area contributed by atoms with Crippen molar-refractivity contribution < 1.29 is 9.47 Å². The molecule has 84 valence electrons. The Balaban J connectivity index is 2.37. The third kappa shape index (κ3) is 2.25. The highest BCUT2D eigenvalue weighted by Gasteiger charge is 2.45. The summed E-state index contributed by atoms with van der Waals surface area (Å²) in [6.07, 6.45) is 2.32. The van der Waals surface area contributed by atoms with Crippen molar-refractivity contribution in [1.82, 2.24) is 4.90 Å². The molecule has 1 rings (SSSR count). The maximum Gasteiger partial charge on any atom is 0.193 e. The predicted octanol–water partition coefficient (Wildman–Crippen LogP) is 0.419. The molecule has 1 heterocycles. The van der Waals surface area contributed by atoms with E-state index in [0.717, 1.165) is 26.1 Å². The van der Waals surface area contributed by atoms with E-state index < -0.39 is 0 Å². The molecule has 1 atom stereocenters. The first kappa shape index (κ1) is 11.9. The highest BCUT2D eigenvalue weighted by atomic mass is 16.7. The second-order valence-corrected chi connectivity index (χ2v) is 3.90. The first-order chi connectivity index (χ1) is 6.71. The topological polar surface area (TPSA) is 47.7 Å². The molecule has 0 aromatic rings. The molecule has 0 amide bonds. The van der Waals surface area contributed by atoms with E-state index in [-0.39, 0.29) is 5.79 Å². The molecular weight excluding hydrogens is 180 g/mol. The van der Waals surface area contributed by atoms with Crippen LogP contribution < -0.4 is 5.73 Å². The minimum atomic E-state index is -0.374. The Hall–Kier alpha value is -0.160. The number of hydrogen-bond donors (Lipinski definition) is 1. The normalized spacial score (nSPS) is 23.1. The average Bonchev–Trinajstić information content (AvgIpc) is 2.16. The van der Waals surface area contributed by atoms with Gasteiger partial charge in [-0.3, -0.25) is 4.90 Å². The fraction of sp³-hybridized carbons (Fsp3) is 1.00. The van der Waals surface area contributed by atoms with Crippen LogP contribution in [0.25, 0.3) is 0 Å². The summed E-state index contributed by atoms with van der Waals surface area (Å²) in [6, 6.07) is 0.485. The molecule has 1 aliphatic rings. The van der Waals surface area contributed by atoms with Crippen molar-refractivity contribution in [3.8, 4) is 0 Å². The van der Waals surface area contributed by atoms with Gasteiger partial charge in [-0.25, -0.2) is 0 Å². The summed E-state index contributed by atoms with van der Waals surface area (Å²) in [5, 5.41) is 0. The largest absolute Gasteiger partial charge is 0.351 e. The van der Waals surface area contributed by atoms with Gasteiger partial charge in [0.25, 0.3) is 0 Å². The summed E-state index contributed by atoms with van der Waals surface area (Å²) in [5.41, 5.74) is 5.72. The van der Waals surface area contributed by atoms with Crippen molar-refractivity contribution in [3.63, 3.8) is 0 Å². The predicted molar refractivity (Wildman–Crippen MR) is 56.1 cm³/mol. The molecule has 4 nitrogen and oxygen atoms in total. The average molecular weight is 202 g/mol. The number of ether oxygens (including phenoxy) is 2. The molecule has 0 bridgehead atoms. The molecular formula is C10H22N2O2. The molecule has 0 spiro atoms. The van der Waals surface area contributed by atoms with Gasteiger partial charge in [-0.05, 0) is 6.42 Å². The second-order valence-electron chi connectivity index (χ2n) is 3.90.